The lowest BCUT2D eigenvalue weighted by molar-refractivity contribution is -0.168. The number of esters is 1. The van der Waals surface area contributed by atoms with Gasteiger partial charge < -0.3 is 60.7 Å². The van der Waals surface area contributed by atoms with Gasteiger partial charge in [0.1, 0.15) is 50.7 Å². The number of fused-ring (bicyclic) bond motifs is 2. The number of nitrogens with one attached hydrogen (secondary N) is 4. The van der Waals surface area contributed by atoms with Gasteiger partial charge in [0.2, 0.25) is 29.7 Å². The smallest absolute Gasteiger partial charge is 0.310 e. The number of ether oxygens (including phenoxy) is 2. The van der Waals surface area contributed by atoms with Gasteiger partial charge in [-0.2, -0.15) is 0 Å². The third-order valence-corrected chi connectivity index (χ3v) is 12.8. The summed E-state index contributed by atoms with van der Waals surface area (Å²) in [6.07, 6.45) is -1.67. The van der Waals surface area contributed by atoms with E-state index >= 15 is 0 Å². The number of nitrogens with zero attached hydrogens (tertiary/aromatic N) is 4. The zero-order chi connectivity index (χ0) is 59.7. The Bertz CT molecular complexity index is 3290. The van der Waals surface area contributed by atoms with Gasteiger partial charge in [0.15, 0.2) is 0 Å². The van der Waals surface area contributed by atoms with E-state index in [9.17, 15) is 72.5 Å². The number of aliphatic hydroxyl groups excluding tert-OH is 2. The Balaban J connectivity index is 0.000000242. The van der Waals surface area contributed by atoms with Crippen molar-refractivity contribution in [2.24, 2.45) is 0 Å². The highest BCUT2D eigenvalue weighted by Crippen LogP contribution is 2.34. The van der Waals surface area contributed by atoms with Crippen LogP contribution in [0.4, 0.5) is 22.7 Å². The SMILES string of the molecule is O=C(CN1C(=O)[C@@H](NC(=O)C(=O)c2ccccc2)CN(C(=O)CO)c2ccccc21)N[C@H]1CC(=O)OC1OCc1ccccc1.O=C[C@H](CC(=O)O)NC(=O)CN1C(=O)[C@@H](NC(=O)C(=O)c2ccccc2)CN(C(=O)CO)c2ccccc21. The number of aliphatic carboxylic acids is 1. The molecule has 7 N–H and O–H groups in total. The molecule has 5 aromatic carbocycles. The molecule has 0 aromatic heterocycles. The molecule has 5 atom stereocenters. The number of carboxylic acids is 1. The highest BCUT2D eigenvalue weighted by molar-refractivity contribution is 6.43. The van der Waals surface area contributed by atoms with Crippen LogP contribution in [0.1, 0.15) is 39.1 Å². The van der Waals surface area contributed by atoms with Crippen molar-refractivity contribution in [2.45, 2.75) is 49.9 Å². The Morgan fingerprint density at radius 3 is 1.43 bits per heavy atom. The predicted molar refractivity (Wildman–Crippen MR) is 290 cm³/mol. The Kier molecular flexibility index (Phi) is 20.5. The Morgan fingerprint density at radius 2 is 1.00 bits per heavy atom. The number of amides is 8. The molecule has 3 heterocycles. The van der Waals surface area contributed by atoms with Gasteiger partial charge in [-0.25, -0.2) is 0 Å². The number of ketones is 2. The molecule has 0 spiro atoms. The quantitative estimate of drug-likeness (QED) is 0.0225. The topological polar surface area (TPSA) is 362 Å². The molecule has 0 radical (unpaired) electrons. The number of benzene rings is 5. The van der Waals surface area contributed by atoms with Gasteiger partial charge >= 0.3 is 11.9 Å². The van der Waals surface area contributed by atoms with E-state index in [0.717, 1.165) is 25.2 Å². The monoisotopic (exact) mass is 1140 g/mol. The first-order chi connectivity index (χ1) is 39.9. The summed E-state index contributed by atoms with van der Waals surface area (Å²) in [4.78, 5) is 168. The number of anilines is 4. The normalized spacial score (nSPS) is 17.5. The maximum absolute atomic E-state index is 13.9. The molecule has 83 heavy (non-hydrogen) atoms. The molecular formula is C57H54N8O18. The van der Waals surface area contributed by atoms with Crippen LogP contribution in [0.15, 0.2) is 140 Å². The minimum atomic E-state index is -1.51. The second-order valence-electron chi connectivity index (χ2n) is 18.5. The lowest BCUT2D eigenvalue weighted by Crippen LogP contribution is -2.56. The van der Waals surface area contributed by atoms with Crippen LogP contribution >= 0.6 is 0 Å². The second kappa shape index (κ2) is 28.2. The fraction of sp³-hybridized carbons (Fsp3) is 0.246. The molecule has 1 saturated heterocycles. The van der Waals surface area contributed by atoms with Crippen molar-refractivity contribution < 1.29 is 87.1 Å². The van der Waals surface area contributed by atoms with Gasteiger partial charge in [-0.05, 0) is 29.8 Å². The molecule has 5 aromatic rings. The Hall–Kier alpha value is -10.3. The van der Waals surface area contributed by atoms with Crippen molar-refractivity contribution in [1.82, 2.24) is 21.3 Å². The number of para-hydroxylation sites is 4. The van der Waals surface area contributed by atoms with E-state index in [1.165, 1.54) is 54.6 Å². The Morgan fingerprint density at radius 1 is 0.578 bits per heavy atom. The fourth-order valence-electron chi connectivity index (χ4n) is 8.92. The molecule has 0 bridgehead atoms. The van der Waals surface area contributed by atoms with Crippen molar-refractivity contribution in [3.05, 3.63) is 156 Å². The van der Waals surface area contributed by atoms with Crippen molar-refractivity contribution in [2.75, 3.05) is 59.0 Å². The van der Waals surface area contributed by atoms with Crippen LogP contribution in [-0.4, -0.2) is 162 Å². The predicted octanol–water partition coefficient (Wildman–Crippen LogP) is -0.415. The first-order valence-electron chi connectivity index (χ1n) is 25.5. The van der Waals surface area contributed by atoms with Crippen LogP contribution in [0.3, 0.4) is 0 Å². The highest BCUT2D eigenvalue weighted by Gasteiger charge is 2.42. The summed E-state index contributed by atoms with van der Waals surface area (Å²) in [6, 6.07) is 31.5. The number of carbonyl (C=O) groups excluding carboxylic acids is 12. The van der Waals surface area contributed by atoms with E-state index in [1.807, 2.05) is 30.3 Å². The van der Waals surface area contributed by atoms with Crippen LogP contribution in [0.5, 0.6) is 0 Å². The number of Topliss-reactive ketones (excluding diaryl/α,β-unsaturated/α-hetero) is 2. The first-order valence-corrected chi connectivity index (χ1v) is 25.5. The molecule has 8 amide bonds. The lowest BCUT2D eigenvalue weighted by atomic mass is 10.1. The molecule has 1 unspecified atom stereocenters. The number of aliphatic hydroxyl groups is 2. The molecule has 0 saturated carbocycles. The minimum Gasteiger partial charge on any atom is -0.481 e. The number of hydrogen-bond acceptors (Lipinski definition) is 17. The number of aldehydes is 1. The maximum atomic E-state index is 13.9. The fourth-order valence-corrected chi connectivity index (χ4v) is 8.92. The van der Waals surface area contributed by atoms with Crippen molar-refractivity contribution >= 4 is 99.8 Å². The van der Waals surface area contributed by atoms with Gasteiger partial charge in [0.05, 0.1) is 61.3 Å². The molecule has 3 aliphatic rings. The van der Waals surface area contributed by atoms with Crippen LogP contribution in [0.25, 0.3) is 0 Å². The molecule has 1 fully saturated rings. The molecular weight excluding hydrogens is 1080 g/mol. The zero-order valence-corrected chi connectivity index (χ0v) is 43.9. The molecule has 0 aliphatic carbocycles. The van der Waals surface area contributed by atoms with Crippen molar-refractivity contribution in [1.29, 1.82) is 0 Å². The second-order valence-corrected chi connectivity index (χ2v) is 18.5. The third kappa shape index (κ3) is 15.3. The average Bonchev–Trinajstić information content (AvgIpc) is 4.06. The molecule has 26 heteroatoms. The number of hydrogen-bond donors (Lipinski definition) is 7. The zero-order valence-electron chi connectivity index (χ0n) is 43.9. The standard InChI is InChI=1S/C32H30N4O9.C25H24N4O9/c37-18-27(39)35-16-23(34-30(42)29(41)21-11-5-2-6-12-21)31(43)36(25-14-8-7-13-24(25)35)17-26(38)33-22-15-28(40)45-32(22)44-19-20-9-3-1-4-10-20;30-13-16(10-22(34)35)26-20(32)12-29-19-9-5-4-8-18(19)28(21(33)14-31)11-17(25(29)38)27-24(37)23(36)15-6-2-1-3-7-15/h1-14,22-23,32,37H,15-19H2,(H,33,38)(H,34,42);1-9,13,16-17,31H,10-12,14H2,(H,26,32)(H,27,37)(H,34,35)/t22-,23-,32?;16-,17-/m00/s1. The summed E-state index contributed by atoms with van der Waals surface area (Å²) < 4.78 is 11.0. The summed E-state index contributed by atoms with van der Waals surface area (Å²) >= 11 is 0. The lowest BCUT2D eigenvalue weighted by Gasteiger charge is -2.26. The number of cyclic esters (lactones) is 1. The van der Waals surface area contributed by atoms with E-state index < -0.39 is 147 Å². The van der Waals surface area contributed by atoms with Crippen LogP contribution in [-0.2, 0) is 68.8 Å². The largest absolute Gasteiger partial charge is 0.481 e. The summed E-state index contributed by atoms with van der Waals surface area (Å²) in [6.45, 7) is -3.86. The minimum absolute atomic E-state index is 0.0622. The summed E-state index contributed by atoms with van der Waals surface area (Å²) in [7, 11) is 0. The van der Waals surface area contributed by atoms with Gasteiger partial charge in [-0.1, -0.05) is 115 Å². The summed E-state index contributed by atoms with van der Waals surface area (Å²) in [5.41, 5.74) is 1.55. The van der Waals surface area contributed by atoms with Crippen LogP contribution in [0, 0.1) is 0 Å². The third-order valence-electron chi connectivity index (χ3n) is 12.8. The average molecular weight is 1140 g/mol. The van der Waals surface area contributed by atoms with E-state index in [-0.39, 0.29) is 53.2 Å². The van der Waals surface area contributed by atoms with Crippen LogP contribution < -0.4 is 40.9 Å². The van der Waals surface area contributed by atoms with Crippen LogP contribution in [0.2, 0.25) is 0 Å². The molecule has 430 valence electrons. The first kappa shape index (κ1) is 60.3. The summed E-state index contributed by atoms with van der Waals surface area (Å²) in [5, 5.41) is 37.7. The number of rotatable bonds is 20. The van der Waals surface area contributed by atoms with E-state index in [1.54, 1.807) is 54.6 Å². The number of carboxylic acid groups (broad SMARTS) is 1. The van der Waals surface area contributed by atoms with E-state index in [0.29, 0.717) is 0 Å². The van der Waals surface area contributed by atoms with E-state index in [2.05, 4.69) is 21.3 Å². The maximum Gasteiger partial charge on any atom is 0.310 e. The number of carbonyl (C=O) groups is 13. The molecule has 26 nitrogen and oxygen atoms in total. The van der Waals surface area contributed by atoms with Crippen molar-refractivity contribution in [3.8, 4) is 0 Å². The van der Waals surface area contributed by atoms with Gasteiger partial charge in [-0.15, -0.1) is 0 Å². The molecule has 3 aliphatic heterocycles. The van der Waals surface area contributed by atoms with Gasteiger partial charge in [0, 0.05) is 11.1 Å². The van der Waals surface area contributed by atoms with Gasteiger partial charge in [-0.3, -0.25) is 67.3 Å². The molecule has 8 rings (SSSR count). The Labute approximate surface area is 471 Å². The highest BCUT2D eigenvalue weighted by atomic mass is 16.7. The van der Waals surface area contributed by atoms with Crippen molar-refractivity contribution in [3.63, 3.8) is 0 Å². The van der Waals surface area contributed by atoms with E-state index in [4.69, 9.17) is 14.6 Å². The van der Waals surface area contributed by atoms with Gasteiger partial charge in [0.25, 0.3) is 35.4 Å². The summed E-state index contributed by atoms with van der Waals surface area (Å²) in [5.74, 6) is -10.8.